The number of carbonyl (C=O) groups excluding carboxylic acids is 1. The van der Waals surface area contributed by atoms with E-state index in [2.05, 4.69) is 17.4 Å². The third-order valence-electron chi connectivity index (χ3n) is 5.89. The Bertz CT molecular complexity index is 1130. The molecule has 0 heterocycles. The number of carboxylic acid groups (broad SMARTS) is 1. The van der Waals surface area contributed by atoms with Crippen LogP contribution in [-0.2, 0) is 16.0 Å². The quantitative estimate of drug-likeness (QED) is 0.393. The number of carbonyl (C=O) groups is 2. The Labute approximate surface area is 202 Å². The van der Waals surface area contributed by atoms with Gasteiger partial charge in [-0.05, 0) is 59.2 Å². The number of hydrogen-bond acceptors (Lipinski definition) is 3. The van der Waals surface area contributed by atoms with Crippen LogP contribution in [0, 0.1) is 0 Å². The van der Waals surface area contributed by atoms with Crippen LogP contribution < -0.4 is 5.32 Å². The second-order valence-corrected chi connectivity index (χ2v) is 8.83. The number of amides is 1. The van der Waals surface area contributed by atoms with E-state index in [1.807, 2.05) is 42.5 Å². The molecule has 0 unspecified atom stereocenters. The lowest BCUT2D eigenvalue weighted by atomic mass is 9.98. The SMILES string of the molecule is O=C(N[C@H](CCCc1ccc(Cl)cc1Cl)C(=O)O)OCC1c2ccccc2-c2ccccc21. The van der Waals surface area contributed by atoms with Crippen molar-refractivity contribution in [2.45, 2.75) is 31.2 Å². The van der Waals surface area contributed by atoms with Crippen molar-refractivity contribution in [3.8, 4) is 11.1 Å². The Morgan fingerprint density at radius 3 is 2.21 bits per heavy atom. The summed E-state index contributed by atoms with van der Waals surface area (Å²) in [4.78, 5) is 24.1. The molecule has 4 rings (SSSR count). The monoisotopic (exact) mass is 483 g/mol. The number of rotatable bonds is 8. The molecule has 3 aromatic rings. The molecule has 0 aromatic heterocycles. The Hall–Kier alpha value is -3.02. The summed E-state index contributed by atoms with van der Waals surface area (Å²) in [6.07, 6.45) is 0.612. The first kappa shape index (κ1) is 23.1. The number of carboxylic acids is 1. The van der Waals surface area contributed by atoms with Gasteiger partial charge in [0.15, 0.2) is 0 Å². The molecule has 2 N–H and O–H groups in total. The Morgan fingerprint density at radius 1 is 0.970 bits per heavy atom. The van der Waals surface area contributed by atoms with Gasteiger partial charge in [-0.25, -0.2) is 9.59 Å². The maximum atomic E-state index is 12.4. The van der Waals surface area contributed by atoms with Crippen LogP contribution in [0.15, 0.2) is 66.7 Å². The van der Waals surface area contributed by atoms with Crippen LogP contribution in [0.4, 0.5) is 4.79 Å². The first-order valence-corrected chi connectivity index (χ1v) is 11.5. The van der Waals surface area contributed by atoms with Crippen LogP contribution in [0.3, 0.4) is 0 Å². The van der Waals surface area contributed by atoms with Gasteiger partial charge >= 0.3 is 12.1 Å². The summed E-state index contributed by atoms with van der Waals surface area (Å²) in [5.41, 5.74) is 5.34. The molecule has 7 heteroatoms. The average Bonchev–Trinajstić information content (AvgIpc) is 3.12. The van der Waals surface area contributed by atoms with Crippen LogP contribution in [0.2, 0.25) is 10.0 Å². The van der Waals surface area contributed by atoms with Crippen LogP contribution in [0.25, 0.3) is 11.1 Å². The topological polar surface area (TPSA) is 75.6 Å². The predicted octanol–water partition coefficient (Wildman–Crippen LogP) is 6.31. The molecule has 1 aliphatic carbocycles. The van der Waals surface area contributed by atoms with E-state index in [4.69, 9.17) is 27.9 Å². The van der Waals surface area contributed by atoms with E-state index in [0.29, 0.717) is 22.9 Å². The summed E-state index contributed by atoms with van der Waals surface area (Å²) < 4.78 is 5.47. The van der Waals surface area contributed by atoms with Crippen LogP contribution in [0.1, 0.15) is 35.4 Å². The highest BCUT2D eigenvalue weighted by atomic mass is 35.5. The molecule has 170 valence electrons. The maximum Gasteiger partial charge on any atom is 0.407 e. The zero-order valence-electron chi connectivity index (χ0n) is 17.8. The number of ether oxygens (including phenoxy) is 1. The highest BCUT2D eigenvalue weighted by molar-refractivity contribution is 6.35. The van der Waals surface area contributed by atoms with Crippen LogP contribution in [-0.4, -0.2) is 29.8 Å². The number of nitrogens with one attached hydrogen (secondary N) is 1. The molecule has 0 fully saturated rings. The number of hydrogen-bond donors (Lipinski definition) is 2. The van der Waals surface area contributed by atoms with E-state index in [1.54, 1.807) is 12.1 Å². The minimum Gasteiger partial charge on any atom is -0.480 e. The zero-order chi connectivity index (χ0) is 23.4. The van der Waals surface area contributed by atoms with Crippen molar-refractivity contribution in [2.75, 3.05) is 6.61 Å². The standard InChI is InChI=1S/C26H23Cl2NO4/c27-17-13-12-16(23(28)14-17)6-5-11-24(25(30)31)29-26(32)33-15-22-20-9-3-1-7-18(20)19-8-2-4-10-21(19)22/h1-4,7-10,12-14,22,24H,5-6,11,15H2,(H,29,32)(H,30,31)/t24-/m1/s1. The fraction of sp³-hybridized carbons (Fsp3) is 0.231. The number of aliphatic carboxylic acids is 1. The highest BCUT2D eigenvalue weighted by Gasteiger charge is 2.29. The first-order chi connectivity index (χ1) is 15.9. The fourth-order valence-electron chi connectivity index (χ4n) is 4.26. The van der Waals surface area contributed by atoms with Crippen molar-refractivity contribution < 1.29 is 19.4 Å². The summed E-state index contributed by atoms with van der Waals surface area (Å²) >= 11 is 12.1. The summed E-state index contributed by atoms with van der Waals surface area (Å²) in [6, 6.07) is 20.2. The Balaban J connectivity index is 1.34. The van der Waals surface area contributed by atoms with Gasteiger partial charge in [0.25, 0.3) is 0 Å². The van der Waals surface area contributed by atoms with Gasteiger partial charge in [0.05, 0.1) is 0 Å². The molecular formula is C26H23Cl2NO4. The van der Waals surface area contributed by atoms with Gasteiger partial charge in [-0.15, -0.1) is 0 Å². The van der Waals surface area contributed by atoms with E-state index < -0.39 is 18.1 Å². The zero-order valence-corrected chi connectivity index (χ0v) is 19.3. The Morgan fingerprint density at radius 2 is 1.61 bits per heavy atom. The first-order valence-electron chi connectivity index (χ1n) is 10.7. The second-order valence-electron chi connectivity index (χ2n) is 7.99. The number of benzene rings is 3. The normalized spacial score (nSPS) is 13.2. The lowest BCUT2D eigenvalue weighted by Crippen LogP contribution is -2.41. The third kappa shape index (κ3) is 5.32. The van der Waals surface area contributed by atoms with E-state index in [-0.39, 0.29) is 18.9 Å². The molecule has 0 aliphatic heterocycles. The molecule has 33 heavy (non-hydrogen) atoms. The van der Waals surface area contributed by atoms with Crippen molar-refractivity contribution in [1.82, 2.24) is 5.32 Å². The van der Waals surface area contributed by atoms with E-state index in [0.717, 1.165) is 27.8 Å². The molecule has 0 spiro atoms. The van der Waals surface area contributed by atoms with Crippen LogP contribution >= 0.6 is 23.2 Å². The van der Waals surface area contributed by atoms with Crippen LogP contribution in [0.5, 0.6) is 0 Å². The number of fused-ring (bicyclic) bond motifs is 3. The largest absolute Gasteiger partial charge is 0.480 e. The average molecular weight is 484 g/mol. The molecule has 1 amide bonds. The maximum absolute atomic E-state index is 12.4. The summed E-state index contributed by atoms with van der Waals surface area (Å²) in [6.45, 7) is 0.132. The summed E-state index contributed by atoms with van der Waals surface area (Å²) in [5, 5.41) is 13.1. The molecular weight excluding hydrogens is 461 g/mol. The van der Waals surface area contributed by atoms with Gasteiger partial charge in [-0.1, -0.05) is 77.8 Å². The fourth-order valence-corrected chi connectivity index (χ4v) is 4.76. The van der Waals surface area contributed by atoms with Crippen molar-refractivity contribution in [3.05, 3.63) is 93.5 Å². The van der Waals surface area contributed by atoms with E-state index >= 15 is 0 Å². The predicted molar refractivity (Wildman–Crippen MR) is 129 cm³/mol. The van der Waals surface area contributed by atoms with Gasteiger partial charge in [0, 0.05) is 16.0 Å². The molecule has 0 saturated carbocycles. The van der Waals surface area contributed by atoms with Gasteiger partial charge in [0.2, 0.25) is 0 Å². The van der Waals surface area contributed by atoms with E-state index in [9.17, 15) is 14.7 Å². The van der Waals surface area contributed by atoms with Gasteiger partial charge < -0.3 is 15.2 Å². The lowest BCUT2D eigenvalue weighted by molar-refractivity contribution is -0.139. The minimum atomic E-state index is -1.11. The highest BCUT2D eigenvalue weighted by Crippen LogP contribution is 2.44. The third-order valence-corrected chi connectivity index (χ3v) is 6.47. The van der Waals surface area contributed by atoms with Crippen molar-refractivity contribution in [1.29, 1.82) is 0 Å². The molecule has 1 aliphatic rings. The van der Waals surface area contributed by atoms with Crippen molar-refractivity contribution in [2.24, 2.45) is 0 Å². The summed E-state index contributed by atoms with van der Waals surface area (Å²) in [5.74, 6) is -1.19. The lowest BCUT2D eigenvalue weighted by Gasteiger charge is -2.17. The van der Waals surface area contributed by atoms with E-state index in [1.165, 1.54) is 0 Å². The van der Waals surface area contributed by atoms with Gasteiger partial charge in [-0.2, -0.15) is 0 Å². The molecule has 0 radical (unpaired) electrons. The number of halogens is 2. The second kappa shape index (κ2) is 10.3. The number of aryl methyl sites for hydroxylation is 1. The van der Waals surface area contributed by atoms with Gasteiger partial charge in [0.1, 0.15) is 12.6 Å². The molecule has 0 bridgehead atoms. The molecule has 5 nitrogen and oxygen atoms in total. The Kier molecular flexibility index (Phi) is 7.21. The van der Waals surface area contributed by atoms with Crippen molar-refractivity contribution >= 4 is 35.3 Å². The number of alkyl carbamates (subject to hydrolysis) is 1. The molecule has 3 aromatic carbocycles. The summed E-state index contributed by atoms with van der Waals surface area (Å²) in [7, 11) is 0. The smallest absolute Gasteiger partial charge is 0.407 e. The molecule has 1 atom stereocenters. The van der Waals surface area contributed by atoms with Crippen molar-refractivity contribution in [3.63, 3.8) is 0 Å². The van der Waals surface area contributed by atoms with Gasteiger partial charge in [-0.3, -0.25) is 0 Å². The molecule has 0 saturated heterocycles. The minimum absolute atomic E-state index is 0.0847.